The third-order valence-corrected chi connectivity index (χ3v) is 3.76. The number of amides is 2. The minimum atomic E-state index is -0.508. The van der Waals surface area contributed by atoms with Gasteiger partial charge in [0.15, 0.2) is 5.82 Å². The fourth-order valence-electron chi connectivity index (χ4n) is 2.43. The molecule has 0 aliphatic rings. The number of benzene rings is 2. The second kappa shape index (κ2) is 8.09. The molecular weight excluding hydrogens is 342 g/mol. The van der Waals surface area contributed by atoms with E-state index in [1.807, 2.05) is 30.3 Å². The van der Waals surface area contributed by atoms with Crippen LogP contribution in [-0.4, -0.2) is 28.0 Å². The Balaban J connectivity index is 1.67. The van der Waals surface area contributed by atoms with Gasteiger partial charge in [0, 0.05) is 5.56 Å². The van der Waals surface area contributed by atoms with Crippen LogP contribution in [0.25, 0.3) is 11.0 Å². The molecule has 3 N–H and O–H groups in total. The van der Waals surface area contributed by atoms with E-state index >= 15 is 0 Å². The van der Waals surface area contributed by atoms with E-state index in [1.165, 1.54) is 6.21 Å². The van der Waals surface area contributed by atoms with Crippen molar-refractivity contribution in [1.29, 1.82) is 0 Å². The first-order valence-corrected chi connectivity index (χ1v) is 8.36. The molecule has 2 amide bonds. The molecule has 0 aliphatic heterocycles. The van der Waals surface area contributed by atoms with Crippen LogP contribution < -0.4 is 10.7 Å². The molecule has 0 atom stereocenters. The van der Waals surface area contributed by atoms with Gasteiger partial charge in [-0.2, -0.15) is 5.10 Å². The molecule has 0 aliphatic carbocycles. The first-order chi connectivity index (χ1) is 13.0. The van der Waals surface area contributed by atoms with Gasteiger partial charge in [-0.1, -0.05) is 30.3 Å². The number of hydrogen-bond acceptors (Lipinski definition) is 4. The number of aromatic amines is 1. The Labute approximate surface area is 156 Å². The standard InChI is InChI=1S/C20H19N5O2/c1-13(2)18(24-19(26)14-8-4-3-5-9-14)20(27)25-21-12-17-22-15-10-6-7-11-16(15)23-17/h3-12H,1-2H3,(H,22,23)(H,24,26)(H,25,27)/b21-12-. The summed E-state index contributed by atoms with van der Waals surface area (Å²) in [7, 11) is 0. The summed E-state index contributed by atoms with van der Waals surface area (Å²) < 4.78 is 0. The quantitative estimate of drug-likeness (QED) is 0.370. The van der Waals surface area contributed by atoms with Crippen LogP contribution in [0.5, 0.6) is 0 Å². The monoisotopic (exact) mass is 361 g/mol. The summed E-state index contributed by atoms with van der Waals surface area (Å²) >= 11 is 0. The van der Waals surface area contributed by atoms with Crippen molar-refractivity contribution in [2.75, 3.05) is 0 Å². The zero-order valence-corrected chi connectivity index (χ0v) is 15.0. The topological polar surface area (TPSA) is 99.2 Å². The molecule has 0 saturated carbocycles. The fraction of sp³-hybridized carbons (Fsp3) is 0.100. The lowest BCUT2D eigenvalue weighted by Gasteiger charge is -2.10. The average molecular weight is 361 g/mol. The largest absolute Gasteiger partial charge is 0.337 e. The second-order valence-corrected chi connectivity index (χ2v) is 6.03. The van der Waals surface area contributed by atoms with Gasteiger partial charge in [0.2, 0.25) is 0 Å². The second-order valence-electron chi connectivity index (χ2n) is 6.03. The third-order valence-electron chi connectivity index (χ3n) is 3.76. The van der Waals surface area contributed by atoms with E-state index in [2.05, 4.69) is 25.8 Å². The summed E-state index contributed by atoms with van der Waals surface area (Å²) in [5.41, 5.74) is 5.39. The Bertz CT molecular complexity index is 998. The third kappa shape index (κ3) is 4.46. The number of para-hydroxylation sites is 2. The fourth-order valence-corrected chi connectivity index (χ4v) is 2.43. The van der Waals surface area contributed by atoms with E-state index in [0.717, 1.165) is 11.0 Å². The molecule has 27 heavy (non-hydrogen) atoms. The average Bonchev–Trinajstić information content (AvgIpc) is 3.09. The number of carbonyl (C=O) groups is 2. The van der Waals surface area contributed by atoms with Crippen molar-refractivity contribution in [3.05, 3.63) is 77.3 Å². The van der Waals surface area contributed by atoms with E-state index in [-0.39, 0.29) is 11.6 Å². The van der Waals surface area contributed by atoms with Gasteiger partial charge < -0.3 is 10.3 Å². The molecule has 0 bridgehead atoms. The number of rotatable bonds is 5. The van der Waals surface area contributed by atoms with Crippen molar-refractivity contribution in [3.63, 3.8) is 0 Å². The molecule has 3 rings (SSSR count). The Kier molecular flexibility index (Phi) is 5.41. The van der Waals surface area contributed by atoms with Crippen LogP contribution in [0, 0.1) is 0 Å². The molecule has 0 unspecified atom stereocenters. The number of H-pyrrole nitrogens is 1. The zero-order chi connectivity index (χ0) is 19.2. The highest BCUT2D eigenvalue weighted by Crippen LogP contribution is 2.09. The van der Waals surface area contributed by atoms with E-state index in [9.17, 15) is 9.59 Å². The maximum atomic E-state index is 12.4. The lowest BCUT2D eigenvalue weighted by atomic mass is 10.2. The number of nitrogens with zero attached hydrogens (tertiary/aromatic N) is 2. The van der Waals surface area contributed by atoms with Gasteiger partial charge in [0.05, 0.1) is 17.2 Å². The molecule has 0 radical (unpaired) electrons. The molecule has 1 heterocycles. The maximum absolute atomic E-state index is 12.4. The predicted octanol–water partition coefficient (Wildman–Crippen LogP) is 2.74. The van der Waals surface area contributed by atoms with Crippen molar-refractivity contribution in [2.24, 2.45) is 5.10 Å². The number of hydrazone groups is 1. The van der Waals surface area contributed by atoms with Crippen LogP contribution in [0.2, 0.25) is 0 Å². The minimum absolute atomic E-state index is 0.158. The summed E-state index contributed by atoms with van der Waals surface area (Å²) in [4.78, 5) is 32.1. The minimum Gasteiger partial charge on any atom is -0.337 e. The van der Waals surface area contributed by atoms with Crippen molar-refractivity contribution in [3.8, 4) is 0 Å². The first-order valence-electron chi connectivity index (χ1n) is 8.36. The molecule has 1 aromatic heterocycles. The van der Waals surface area contributed by atoms with Gasteiger partial charge in [0.25, 0.3) is 11.8 Å². The van der Waals surface area contributed by atoms with Crippen LogP contribution in [0.3, 0.4) is 0 Å². The highest BCUT2D eigenvalue weighted by molar-refractivity contribution is 6.03. The van der Waals surface area contributed by atoms with E-state index in [4.69, 9.17) is 0 Å². The summed E-state index contributed by atoms with van der Waals surface area (Å²) in [6.07, 6.45) is 1.42. The summed E-state index contributed by atoms with van der Waals surface area (Å²) in [5.74, 6) is -0.349. The molecule has 0 spiro atoms. The highest BCUT2D eigenvalue weighted by atomic mass is 16.2. The Morgan fingerprint density at radius 1 is 1.04 bits per heavy atom. The summed E-state index contributed by atoms with van der Waals surface area (Å²) in [6, 6.07) is 16.3. The SMILES string of the molecule is CC(C)=C(NC(=O)c1ccccc1)C(=O)N/N=C\c1nc2ccccc2[nH]1. The summed E-state index contributed by atoms with van der Waals surface area (Å²) in [6.45, 7) is 3.48. The van der Waals surface area contributed by atoms with Gasteiger partial charge >= 0.3 is 0 Å². The van der Waals surface area contributed by atoms with Crippen LogP contribution >= 0.6 is 0 Å². The van der Waals surface area contributed by atoms with Gasteiger partial charge in [-0.05, 0) is 43.7 Å². The number of carbonyl (C=O) groups excluding carboxylic acids is 2. The van der Waals surface area contributed by atoms with Crippen LogP contribution in [-0.2, 0) is 4.79 Å². The predicted molar refractivity (Wildman–Crippen MR) is 104 cm³/mol. The zero-order valence-electron chi connectivity index (χ0n) is 15.0. The Morgan fingerprint density at radius 2 is 1.74 bits per heavy atom. The molecule has 0 fully saturated rings. The summed E-state index contributed by atoms with van der Waals surface area (Å²) in [5, 5.41) is 6.55. The van der Waals surface area contributed by atoms with Crippen LogP contribution in [0.15, 0.2) is 71.0 Å². The lowest BCUT2D eigenvalue weighted by molar-refractivity contribution is -0.117. The van der Waals surface area contributed by atoms with Gasteiger partial charge in [-0.15, -0.1) is 0 Å². The number of imidazole rings is 1. The van der Waals surface area contributed by atoms with Crippen molar-refractivity contribution in [2.45, 2.75) is 13.8 Å². The smallest absolute Gasteiger partial charge is 0.287 e. The van der Waals surface area contributed by atoms with Gasteiger partial charge in [0.1, 0.15) is 5.70 Å². The molecule has 3 aromatic rings. The van der Waals surface area contributed by atoms with Crippen LogP contribution in [0.4, 0.5) is 0 Å². The van der Waals surface area contributed by atoms with Crippen molar-refractivity contribution in [1.82, 2.24) is 20.7 Å². The van der Waals surface area contributed by atoms with E-state index < -0.39 is 5.91 Å². The number of nitrogens with one attached hydrogen (secondary N) is 3. The highest BCUT2D eigenvalue weighted by Gasteiger charge is 2.15. The molecule has 0 saturated heterocycles. The van der Waals surface area contributed by atoms with Crippen LogP contribution in [0.1, 0.15) is 30.0 Å². The molecule has 7 nitrogen and oxygen atoms in total. The van der Waals surface area contributed by atoms with E-state index in [1.54, 1.807) is 38.1 Å². The van der Waals surface area contributed by atoms with E-state index in [0.29, 0.717) is 17.0 Å². The van der Waals surface area contributed by atoms with Gasteiger partial charge in [-0.3, -0.25) is 9.59 Å². The Hall–Kier alpha value is -3.74. The normalized spacial score (nSPS) is 10.7. The first kappa shape index (κ1) is 18.1. The molecular formula is C20H19N5O2. The Morgan fingerprint density at radius 3 is 2.44 bits per heavy atom. The van der Waals surface area contributed by atoms with Crippen molar-refractivity contribution < 1.29 is 9.59 Å². The molecule has 136 valence electrons. The van der Waals surface area contributed by atoms with Gasteiger partial charge in [-0.25, -0.2) is 10.4 Å². The maximum Gasteiger partial charge on any atom is 0.287 e. The number of hydrogen-bond donors (Lipinski definition) is 3. The van der Waals surface area contributed by atoms with Crippen molar-refractivity contribution >= 4 is 29.1 Å². The molecule has 7 heteroatoms. The number of aromatic nitrogens is 2. The lowest BCUT2D eigenvalue weighted by Crippen LogP contribution is -2.33. The number of allylic oxidation sites excluding steroid dienone is 1. The molecule has 2 aromatic carbocycles. The number of fused-ring (bicyclic) bond motifs is 1.